The minimum absolute atomic E-state index is 0.295. The molecule has 0 unspecified atom stereocenters. The monoisotopic (exact) mass is 302 g/mol. The second-order valence-corrected chi connectivity index (χ2v) is 4.03. The summed E-state index contributed by atoms with van der Waals surface area (Å²) in [5.41, 5.74) is 2.52. The van der Waals surface area contributed by atoms with Crippen molar-refractivity contribution in [3.8, 4) is 0 Å². The molecule has 1 aromatic rings. The first-order chi connectivity index (χ1) is 6.74. The Balaban J connectivity index is 0.000000336. The van der Waals surface area contributed by atoms with Gasteiger partial charge in [0.1, 0.15) is 5.82 Å². The molecule has 6 nitrogen and oxygen atoms in total. The Morgan fingerprint density at radius 1 is 1.40 bits per heavy atom. The highest BCUT2D eigenvalue weighted by Gasteiger charge is 1.98. The summed E-state index contributed by atoms with van der Waals surface area (Å²) in [7, 11) is -4.67. The van der Waals surface area contributed by atoms with Crippen LogP contribution < -0.4 is 11.3 Å². The smallest absolute Gasteiger partial charge is 0.321 e. The summed E-state index contributed by atoms with van der Waals surface area (Å²) in [6, 6.07) is 4.60. The first-order valence-corrected chi connectivity index (χ1v) is 5.54. The summed E-state index contributed by atoms with van der Waals surface area (Å²) in [4.78, 5) is 0. The third-order valence-electron chi connectivity index (χ3n) is 1.09. The molecule has 5 N–H and O–H groups in total. The van der Waals surface area contributed by atoms with Crippen LogP contribution in [0.3, 0.4) is 0 Å². The maximum atomic E-state index is 12.7. The van der Waals surface area contributed by atoms with Gasteiger partial charge in [-0.2, -0.15) is 8.42 Å². The van der Waals surface area contributed by atoms with Crippen LogP contribution in [0.5, 0.6) is 0 Å². The molecule has 9 heteroatoms. The predicted octanol–water partition coefficient (Wildman–Crippen LogP) is 1.22. The Bertz CT molecular complexity index is 417. The number of hydrazine groups is 1. The first-order valence-electron chi connectivity index (χ1n) is 3.35. The highest BCUT2D eigenvalue weighted by Crippen LogP contribution is 2.17. The number of hydrogen-bond donors (Lipinski definition) is 4. The van der Waals surface area contributed by atoms with Crippen LogP contribution >= 0.6 is 15.9 Å². The zero-order chi connectivity index (χ0) is 12.1. The molecule has 0 aromatic heterocycles. The Morgan fingerprint density at radius 3 is 2.20 bits per heavy atom. The average molecular weight is 303 g/mol. The summed E-state index contributed by atoms with van der Waals surface area (Å²) in [5.74, 6) is 4.63. The predicted molar refractivity (Wildman–Crippen MR) is 56.1 cm³/mol. The number of hydrogen-bond acceptors (Lipinski definition) is 4. The van der Waals surface area contributed by atoms with Crippen LogP contribution in [0.25, 0.3) is 0 Å². The van der Waals surface area contributed by atoms with Crippen LogP contribution in [0.15, 0.2) is 22.7 Å². The Hall–Kier alpha value is -0.740. The standard InChI is InChI=1S/C6H6BrFN2.H2O4S/c7-4-1-2-6(10-9)5(8)3-4;1-5(2,3)4/h1-3,10H,9H2;(H2,1,2,3,4). The molecule has 0 radical (unpaired) electrons. The zero-order valence-electron chi connectivity index (χ0n) is 7.18. The lowest BCUT2D eigenvalue weighted by molar-refractivity contribution is 0.381. The second-order valence-electron chi connectivity index (χ2n) is 2.22. The molecule has 0 aliphatic heterocycles. The first kappa shape index (κ1) is 14.3. The molecule has 0 aliphatic carbocycles. The van der Waals surface area contributed by atoms with Crippen LogP contribution in [-0.2, 0) is 10.4 Å². The number of nitrogens with one attached hydrogen (secondary N) is 1. The molecule has 0 saturated heterocycles. The molecule has 15 heavy (non-hydrogen) atoms. The van der Waals surface area contributed by atoms with Gasteiger partial charge < -0.3 is 5.43 Å². The molecule has 0 aliphatic rings. The molecule has 0 heterocycles. The van der Waals surface area contributed by atoms with Gasteiger partial charge in [-0.05, 0) is 18.2 Å². The van der Waals surface area contributed by atoms with E-state index in [2.05, 4.69) is 21.4 Å². The van der Waals surface area contributed by atoms with Crippen molar-refractivity contribution in [2.24, 2.45) is 5.84 Å². The van der Waals surface area contributed by atoms with E-state index in [1.54, 1.807) is 12.1 Å². The molecular formula is C6H8BrFN2O4S. The number of anilines is 1. The number of nitrogen functional groups attached to an aromatic ring is 1. The lowest BCUT2D eigenvalue weighted by atomic mass is 10.3. The van der Waals surface area contributed by atoms with Crippen molar-refractivity contribution < 1.29 is 21.9 Å². The van der Waals surface area contributed by atoms with Gasteiger partial charge in [0.05, 0.1) is 5.69 Å². The quantitative estimate of drug-likeness (QED) is 0.352. The topological polar surface area (TPSA) is 113 Å². The van der Waals surface area contributed by atoms with E-state index in [0.717, 1.165) is 0 Å². The van der Waals surface area contributed by atoms with E-state index in [1.165, 1.54) is 6.07 Å². The fourth-order valence-corrected chi connectivity index (χ4v) is 0.940. The van der Waals surface area contributed by atoms with Gasteiger partial charge in [0.25, 0.3) is 0 Å². The van der Waals surface area contributed by atoms with Crippen molar-refractivity contribution in [1.82, 2.24) is 0 Å². The molecule has 0 fully saturated rings. The molecule has 0 bridgehead atoms. The summed E-state index contributed by atoms with van der Waals surface area (Å²) in [6.45, 7) is 0. The number of rotatable bonds is 1. The van der Waals surface area contributed by atoms with Gasteiger partial charge in [-0.1, -0.05) is 15.9 Å². The van der Waals surface area contributed by atoms with Gasteiger partial charge in [-0.3, -0.25) is 14.9 Å². The van der Waals surface area contributed by atoms with Gasteiger partial charge in [0.2, 0.25) is 0 Å². The minimum Gasteiger partial charge on any atom is -0.321 e. The number of nitrogens with two attached hydrogens (primary N) is 1. The zero-order valence-corrected chi connectivity index (χ0v) is 9.59. The lowest BCUT2D eigenvalue weighted by Crippen LogP contribution is -2.08. The molecule has 1 rings (SSSR count). The molecular weight excluding hydrogens is 295 g/mol. The number of halogens is 2. The highest BCUT2D eigenvalue weighted by atomic mass is 79.9. The Morgan fingerprint density at radius 2 is 1.87 bits per heavy atom. The third-order valence-corrected chi connectivity index (χ3v) is 1.58. The number of benzene rings is 1. The van der Waals surface area contributed by atoms with Gasteiger partial charge >= 0.3 is 10.4 Å². The molecule has 0 saturated carbocycles. The van der Waals surface area contributed by atoms with Crippen LogP contribution in [0, 0.1) is 5.82 Å². The average Bonchev–Trinajstić information content (AvgIpc) is 2.01. The Kier molecular flexibility index (Phi) is 5.68. The molecule has 86 valence electrons. The lowest BCUT2D eigenvalue weighted by Gasteiger charge is -2.00. The van der Waals surface area contributed by atoms with Crippen LogP contribution in [0.1, 0.15) is 0 Å². The van der Waals surface area contributed by atoms with Crippen molar-refractivity contribution in [3.63, 3.8) is 0 Å². The molecule has 1 aromatic carbocycles. The third kappa shape index (κ3) is 8.27. The molecule has 0 atom stereocenters. The molecule has 0 spiro atoms. The van der Waals surface area contributed by atoms with Gasteiger partial charge in [-0.25, -0.2) is 4.39 Å². The summed E-state index contributed by atoms with van der Waals surface area (Å²) in [5, 5.41) is 0. The van der Waals surface area contributed by atoms with Crippen LogP contribution in [0.4, 0.5) is 10.1 Å². The second kappa shape index (κ2) is 5.98. The normalized spacial score (nSPS) is 10.2. The fraction of sp³-hybridized carbons (Fsp3) is 0. The highest BCUT2D eigenvalue weighted by molar-refractivity contribution is 9.10. The fourth-order valence-electron chi connectivity index (χ4n) is 0.607. The van der Waals surface area contributed by atoms with E-state index < -0.39 is 10.4 Å². The van der Waals surface area contributed by atoms with E-state index in [0.29, 0.717) is 10.2 Å². The van der Waals surface area contributed by atoms with Crippen molar-refractivity contribution in [2.45, 2.75) is 0 Å². The van der Waals surface area contributed by atoms with Crippen molar-refractivity contribution in [3.05, 3.63) is 28.5 Å². The maximum absolute atomic E-state index is 12.7. The van der Waals surface area contributed by atoms with Gasteiger partial charge in [-0.15, -0.1) is 0 Å². The van der Waals surface area contributed by atoms with E-state index in [4.69, 9.17) is 23.4 Å². The van der Waals surface area contributed by atoms with Crippen LogP contribution in [0.2, 0.25) is 0 Å². The summed E-state index contributed by atoms with van der Waals surface area (Å²) in [6.07, 6.45) is 0. The summed E-state index contributed by atoms with van der Waals surface area (Å²) >= 11 is 3.12. The maximum Gasteiger partial charge on any atom is 0.394 e. The van der Waals surface area contributed by atoms with E-state index >= 15 is 0 Å². The van der Waals surface area contributed by atoms with Crippen molar-refractivity contribution >= 4 is 32.0 Å². The van der Waals surface area contributed by atoms with E-state index in [9.17, 15) is 4.39 Å². The van der Waals surface area contributed by atoms with Crippen molar-refractivity contribution in [2.75, 3.05) is 5.43 Å². The largest absolute Gasteiger partial charge is 0.394 e. The van der Waals surface area contributed by atoms with E-state index in [1.807, 2.05) is 0 Å². The summed E-state index contributed by atoms with van der Waals surface area (Å²) < 4.78 is 45.0. The van der Waals surface area contributed by atoms with Gasteiger partial charge in [0.15, 0.2) is 0 Å². The van der Waals surface area contributed by atoms with E-state index in [-0.39, 0.29) is 5.82 Å². The van der Waals surface area contributed by atoms with Crippen molar-refractivity contribution in [1.29, 1.82) is 0 Å². The molecule has 0 amide bonds. The Labute approximate surface area is 94.0 Å². The minimum atomic E-state index is -4.67. The van der Waals surface area contributed by atoms with Crippen LogP contribution in [-0.4, -0.2) is 17.5 Å². The SMILES string of the molecule is NNc1ccc(Br)cc1F.O=S(=O)(O)O. The van der Waals surface area contributed by atoms with Gasteiger partial charge in [0, 0.05) is 4.47 Å².